The van der Waals surface area contributed by atoms with Crippen molar-refractivity contribution in [2.75, 3.05) is 13.1 Å². The second kappa shape index (κ2) is 8.21. The van der Waals surface area contributed by atoms with Crippen molar-refractivity contribution in [1.82, 2.24) is 20.3 Å². The van der Waals surface area contributed by atoms with E-state index in [1.54, 1.807) is 6.20 Å². The highest BCUT2D eigenvalue weighted by atomic mass is 16.5. The lowest BCUT2D eigenvalue weighted by atomic mass is 10.0. The van der Waals surface area contributed by atoms with Gasteiger partial charge in [0.25, 0.3) is 0 Å². The summed E-state index contributed by atoms with van der Waals surface area (Å²) in [6.45, 7) is 3.96. The predicted octanol–water partition coefficient (Wildman–Crippen LogP) is 4.60. The third-order valence-corrected chi connectivity index (χ3v) is 5.71. The number of nitrogens with one attached hydrogen (secondary N) is 2. The molecule has 1 fully saturated rings. The minimum atomic E-state index is 0.150. The van der Waals surface area contributed by atoms with Gasteiger partial charge in [-0.2, -0.15) is 5.26 Å². The Bertz CT molecular complexity index is 1260. The number of aromatic amines is 1. The molecule has 0 aliphatic carbocycles. The molecular weight excluding hydrogens is 386 g/mol. The Morgan fingerprint density at radius 3 is 2.58 bits per heavy atom. The van der Waals surface area contributed by atoms with Gasteiger partial charge in [-0.05, 0) is 56.6 Å². The van der Waals surface area contributed by atoms with Crippen LogP contribution in [0.25, 0.3) is 33.7 Å². The average Bonchev–Trinajstić information content (AvgIpc) is 3.25. The van der Waals surface area contributed by atoms with Crippen LogP contribution in [0.3, 0.4) is 0 Å². The first-order chi connectivity index (χ1) is 15.2. The second-order valence-corrected chi connectivity index (χ2v) is 7.90. The van der Waals surface area contributed by atoms with E-state index in [1.807, 2.05) is 36.4 Å². The Kier molecular flexibility index (Phi) is 5.11. The van der Waals surface area contributed by atoms with Crippen LogP contribution < -0.4 is 10.1 Å². The van der Waals surface area contributed by atoms with Crippen molar-refractivity contribution < 1.29 is 4.74 Å². The standard InChI is InChI=1S/C25H23N5O/c1-16-2-4-17(5-3-16)24-29-23-21(10-13-28-25(23)30-24)18-6-7-22(19(14-18)15-26)31-20-8-11-27-12-9-20/h2-7,10,13-14,20,27H,8-9,11-12H2,1H3,(H,28,29,30). The number of nitriles is 1. The molecule has 0 spiro atoms. The topological polar surface area (TPSA) is 86.6 Å². The van der Waals surface area contributed by atoms with E-state index in [1.165, 1.54) is 5.56 Å². The summed E-state index contributed by atoms with van der Waals surface area (Å²) in [5.74, 6) is 1.43. The number of pyridine rings is 1. The van der Waals surface area contributed by atoms with E-state index in [2.05, 4.69) is 45.4 Å². The summed E-state index contributed by atoms with van der Waals surface area (Å²) in [7, 11) is 0. The molecule has 0 bridgehead atoms. The fourth-order valence-corrected chi connectivity index (χ4v) is 3.98. The molecule has 0 radical (unpaired) electrons. The number of fused-ring (bicyclic) bond motifs is 1. The summed E-state index contributed by atoms with van der Waals surface area (Å²) in [6.07, 6.45) is 3.81. The molecule has 0 amide bonds. The van der Waals surface area contributed by atoms with Gasteiger partial charge in [0, 0.05) is 17.3 Å². The van der Waals surface area contributed by atoms with Gasteiger partial charge >= 0.3 is 0 Å². The van der Waals surface area contributed by atoms with Gasteiger partial charge in [-0.1, -0.05) is 35.9 Å². The molecule has 154 valence electrons. The molecule has 2 aromatic heterocycles. The van der Waals surface area contributed by atoms with Gasteiger partial charge in [-0.15, -0.1) is 0 Å². The van der Waals surface area contributed by atoms with Gasteiger partial charge < -0.3 is 15.0 Å². The molecule has 1 saturated heterocycles. The van der Waals surface area contributed by atoms with Crippen LogP contribution in [0.1, 0.15) is 24.0 Å². The number of aromatic nitrogens is 3. The molecule has 2 N–H and O–H groups in total. The lowest BCUT2D eigenvalue weighted by molar-refractivity contribution is 0.162. The average molecular weight is 409 g/mol. The number of hydrogen-bond donors (Lipinski definition) is 2. The highest BCUT2D eigenvalue weighted by molar-refractivity contribution is 5.91. The number of piperidine rings is 1. The third kappa shape index (κ3) is 3.88. The van der Waals surface area contributed by atoms with Gasteiger partial charge in [-0.25, -0.2) is 9.97 Å². The molecule has 4 aromatic rings. The maximum Gasteiger partial charge on any atom is 0.178 e. The van der Waals surface area contributed by atoms with Crippen LogP contribution in [0, 0.1) is 18.3 Å². The fourth-order valence-electron chi connectivity index (χ4n) is 3.98. The van der Waals surface area contributed by atoms with Crippen molar-refractivity contribution in [1.29, 1.82) is 5.26 Å². The number of nitrogens with zero attached hydrogens (tertiary/aromatic N) is 3. The van der Waals surface area contributed by atoms with Crippen LogP contribution in [0.4, 0.5) is 0 Å². The Balaban J connectivity index is 1.51. The first kappa shape index (κ1) is 19.3. The Morgan fingerprint density at radius 1 is 1.03 bits per heavy atom. The van der Waals surface area contributed by atoms with E-state index in [-0.39, 0.29) is 6.10 Å². The van der Waals surface area contributed by atoms with Gasteiger partial charge in [0.2, 0.25) is 0 Å². The SMILES string of the molecule is Cc1ccc(-c2nc3nccc(-c4ccc(OC5CCNCC5)c(C#N)c4)c3[nH]2)cc1. The van der Waals surface area contributed by atoms with E-state index in [0.29, 0.717) is 17.0 Å². The van der Waals surface area contributed by atoms with Crippen molar-refractivity contribution in [2.45, 2.75) is 25.9 Å². The first-order valence-corrected chi connectivity index (χ1v) is 10.5. The van der Waals surface area contributed by atoms with Crippen LogP contribution in [-0.4, -0.2) is 34.1 Å². The van der Waals surface area contributed by atoms with Crippen LogP contribution in [0.2, 0.25) is 0 Å². The molecule has 0 atom stereocenters. The Morgan fingerprint density at radius 2 is 1.81 bits per heavy atom. The maximum absolute atomic E-state index is 9.73. The summed E-state index contributed by atoms with van der Waals surface area (Å²) < 4.78 is 6.13. The van der Waals surface area contributed by atoms with Crippen molar-refractivity contribution in [3.8, 4) is 34.3 Å². The normalized spacial score (nSPS) is 14.5. The summed E-state index contributed by atoms with van der Waals surface area (Å²) in [5.41, 5.74) is 6.16. The molecule has 0 unspecified atom stereocenters. The number of hydrogen-bond acceptors (Lipinski definition) is 5. The van der Waals surface area contributed by atoms with Gasteiger partial charge in [-0.3, -0.25) is 0 Å². The molecule has 1 aliphatic rings. The summed E-state index contributed by atoms with van der Waals surface area (Å²) in [5, 5.41) is 13.1. The van der Waals surface area contributed by atoms with Crippen molar-refractivity contribution in [3.63, 3.8) is 0 Å². The highest BCUT2D eigenvalue weighted by Crippen LogP contribution is 2.32. The molecule has 1 aliphatic heterocycles. The summed E-state index contributed by atoms with van der Waals surface area (Å²) in [4.78, 5) is 12.5. The maximum atomic E-state index is 9.73. The summed E-state index contributed by atoms with van der Waals surface area (Å²) >= 11 is 0. The van der Waals surface area contributed by atoms with Gasteiger partial charge in [0.15, 0.2) is 5.65 Å². The first-order valence-electron chi connectivity index (χ1n) is 10.5. The lowest BCUT2D eigenvalue weighted by Crippen LogP contribution is -2.34. The van der Waals surface area contributed by atoms with E-state index in [4.69, 9.17) is 4.74 Å². The zero-order chi connectivity index (χ0) is 21.2. The zero-order valence-electron chi connectivity index (χ0n) is 17.4. The van der Waals surface area contributed by atoms with Crippen LogP contribution >= 0.6 is 0 Å². The highest BCUT2D eigenvalue weighted by Gasteiger charge is 2.18. The van der Waals surface area contributed by atoms with E-state index >= 15 is 0 Å². The van der Waals surface area contributed by atoms with Gasteiger partial charge in [0.1, 0.15) is 23.7 Å². The number of aryl methyl sites for hydroxylation is 1. The smallest absolute Gasteiger partial charge is 0.178 e. The van der Waals surface area contributed by atoms with Crippen LogP contribution in [-0.2, 0) is 0 Å². The minimum absolute atomic E-state index is 0.150. The monoisotopic (exact) mass is 409 g/mol. The number of rotatable bonds is 4. The Hall–Kier alpha value is -3.69. The van der Waals surface area contributed by atoms with Crippen LogP contribution in [0.15, 0.2) is 54.7 Å². The molecule has 2 aromatic carbocycles. The van der Waals surface area contributed by atoms with E-state index in [0.717, 1.165) is 54.0 Å². The molecular formula is C25H23N5O. The molecule has 6 nitrogen and oxygen atoms in total. The number of H-pyrrole nitrogens is 1. The molecule has 5 rings (SSSR count). The van der Waals surface area contributed by atoms with Crippen molar-refractivity contribution in [3.05, 3.63) is 65.9 Å². The number of imidazole rings is 1. The van der Waals surface area contributed by atoms with Gasteiger partial charge in [0.05, 0.1) is 11.1 Å². The quantitative estimate of drug-likeness (QED) is 0.514. The molecule has 31 heavy (non-hydrogen) atoms. The van der Waals surface area contributed by atoms with E-state index in [9.17, 15) is 5.26 Å². The third-order valence-electron chi connectivity index (χ3n) is 5.71. The summed E-state index contributed by atoms with van der Waals surface area (Å²) in [6, 6.07) is 18.3. The number of benzene rings is 2. The van der Waals surface area contributed by atoms with E-state index < -0.39 is 0 Å². The largest absolute Gasteiger partial charge is 0.489 e. The Labute approximate surface area is 180 Å². The van der Waals surface area contributed by atoms with Crippen molar-refractivity contribution >= 4 is 11.2 Å². The zero-order valence-corrected chi connectivity index (χ0v) is 17.4. The second-order valence-electron chi connectivity index (χ2n) is 7.90. The number of ether oxygens (including phenoxy) is 1. The fraction of sp³-hybridized carbons (Fsp3) is 0.240. The molecule has 6 heteroatoms. The van der Waals surface area contributed by atoms with Crippen LogP contribution in [0.5, 0.6) is 5.75 Å². The predicted molar refractivity (Wildman–Crippen MR) is 121 cm³/mol. The molecule has 3 heterocycles. The molecule has 0 saturated carbocycles. The minimum Gasteiger partial charge on any atom is -0.489 e. The lowest BCUT2D eigenvalue weighted by Gasteiger charge is -2.24. The van der Waals surface area contributed by atoms with Crippen molar-refractivity contribution in [2.24, 2.45) is 0 Å².